The molecule has 38 heavy (non-hydrogen) atoms. The summed E-state index contributed by atoms with van der Waals surface area (Å²) in [6.45, 7) is 5.00. The minimum atomic E-state index is -1.05. The summed E-state index contributed by atoms with van der Waals surface area (Å²) < 4.78 is 10.5. The van der Waals surface area contributed by atoms with Gasteiger partial charge in [0.2, 0.25) is 0 Å². The average molecular weight is 533 g/mol. The van der Waals surface area contributed by atoms with Crippen LogP contribution in [-0.4, -0.2) is 46.7 Å². The Labute approximate surface area is 222 Å². The Morgan fingerprint density at radius 3 is 2.45 bits per heavy atom. The van der Waals surface area contributed by atoms with Crippen LogP contribution in [0.15, 0.2) is 48.0 Å². The summed E-state index contributed by atoms with van der Waals surface area (Å²) in [5.74, 6) is -2.14. The molecule has 3 aromatic rings. The summed E-state index contributed by atoms with van der Waals surface area (Å²) in [7, 11) is 1.27. The monoisotopic (exact) mass is 532 g/mol. The van der Waals surface area contributed by atoms with Crippen molar-refractivity contribution in [1.29, 1.82) is 0 Å². The van der Waals surface area contributed by atoms with Crippen molar-refractivity contribution in [1.82, 2.24) is 4.98 Å². The number of aliphatic hydroxyl groups excluding tert-OH is 1. The van der Waals surface area contributed by atoms with E-state index in [4.69, 9.17) is 9.47 Å². The second-order valence-electron chi connectivity index (χ2n) is 9.20. The molecule has 194 valence electrons. The molecule has 1 fully saturated rings. The van der Waals surface area contributed by atoms with Gasteiger partial charge in [0.25, 0.3) is 5.78 Å². The van der Waals surface area contributed by atoms with Crippen LogP contribution in [-0.2, 0) is 20.7 Å². The minimum Gasteiger partial charge on any atom is -0.507 e. The van der Waals surface area contributed by atoms with Crippen LogP contribution in [0.5, 0.6) is 5.75 Å². The van der Waals surface area contributed by atoms with E-state index in [9.17, 15) is 24.3 Å². The van der Waals surface area contributed by atoms with Crippen molar-refractivity contribution in [3.63, 3.8) is 0 Å². The SMILES string of the molecule is COC(=O)c1ccc([C@@H]2/C(=C(\O)c3ccc4c(c3)C[C@@H](C)O4)C(=O)C(=O)N2c2nc(C)c(C(C)=O)s2)cc1. The van der Waals surface area contributed by atoms with Crippen molar-refractivity contribution < 1.29 is 33.8 Å². The molecule has 0 radical (unpaired) electrons. The van der Waals surface area contributed by atoms with Crippen LogP contribution < -0.4 is 9.64 Å². The first-order valence-corrected chi connectivity index (χ1v) is 12.7. The maximum absolute atomic E-state index is 13.4. The van der Waals surface area contributed by atoms with Crippen LogP contribution in [0.25, 0.3) is 5.76 Å². The molecule has 0 spiro atoms. The fourth-order valence-corrected chi connectivity index (χ4v) is 5.79. The molecule has 10 heteroatoms. The molecule has 1 saturated heterocycles. The number of carbonyl (C=O) groups excluding carboxylic acids is 4. The highest BCUT2D eigenvalue weighted by Crippen LogP contribution is 2.44. The number of ketones is 2. The fraction of sp³-hybridized carbons (Fsp3) is 0.250. The van der Waals surface area contributed by atoms with Gasteiger partial charge in [-0.15, -0.1) is 0 Å². The van der Waals surface area contributed by atoms with E-state index in [1.165, 1.54) is 31.1 Å². The number of amides is 1. The molecule has 1 aromatic heterocycles. The number of esters is 1. The molecular weight excluding hydrogens is 508 g/mol. The van der Waals surface area contributed by atoms with Gasteiger partial charge in [0.1, 0.15) is 17.6 Å². The largest absolute Gasteiger partial charge is 0.507 e. The van der Waals surface area contributed by atoms with Gasteiger partial charge < -0.3 is 14.6 Å². The summed E-state index contributed by atoms with van der Waals surface area (Å²) in [6, 6.07) is 10.3. The Hall–Kier alpha value is -4.31. The topological polar surface area (TPSA) is 123 Å². The highest BCUT2D eigenvalue weighted by Gasteiger charge is 2.48. The molecule has 3 heterocycles. The predicted octanol–water partition coefficient (Wildman–Crippen LogP) is 4.39. The predicted molar refractivity (Wildman–Crippen MR) is 140 cm³/mol. The number of Topliss-reactive ketones (excluding diaryl/α,β-unsaturated/α-hetero) is 2. The number of aryl methyl sites for hydroxylation is 1. The van der Waals surface area contributed by atoms with Crippen molar-refractivity contribution in [3.05, 3.63) is 80.9 Å². The summed E-state index contributed by atoms with van der Waals surface area (Å²) in [6.07, 6.45) is 0.639. The van der Waals surface area contributed by atoms with E-state index >= 15 is 0 Å². The number of hydrogen-bond donors (Lipinski definition) is 1. The number of rotatable bonds is 5. The number of carbonyl (C=O) groups is 4. The number of ether oxygens (including phenoxy) is 2. The highest BCUT2D eigenvalue weighted by atomic mass is 32.1. The maximum atomic E-state index is 13.4. The lowest BCUT2D eigenvalue weighted by atomic mass is 9.94. The number of fused-ring (bicyclic) bond motifs is 1. The molecule has 0 aliphatic carbocycles. The standard InChI is InChI=1S/C28H24N2O7S/c1-13-11-19-12-18(9-10-20(19)37-13)23(32)21-22(16-5-7-17(8-6-16)27(35)36-4)30(26(34)24(21)33)28-29-14(2)25(38-28)15(3)31/h5-10,12-13,22,32H,11H2,1-4H3/b23-21+/t13-,22-/m1/s1. The van der Waals surface area contributed by atoms with E-state index in [0.29, 0.717) is 33.9 Å². The molecular formula is C28H24N2O7S. The lowest BCUT2D eigenvalue weighted by Crippen LogP contribution is -2.29. The zero-order chi connectivity index (χ0) is 27.3. The number of anilines is 1. The number of thiazole rings is 1. The number of benzene rings is 2. The first kappa shape index (κ1) is 25.3. The van der Waals surface area contributed by atoms with Crippen molar-refractivity contribution in [3.8, 4) is 5.75 Å². The zero-order valence-electron chi connectivity index (χ0n) is 21.1. The van der Waals surface area contributed by atoms with Gasteiger partial charge in [-0.25, -0.2) is 9.78 Å². The van der Waals surface area contributed by atoms with Gasteiger partial charge in [0.15, 0.2) is 10.9 Å². The molecule has 5 rings (SSSR count). The lowest BCUT2D eigenvalue weighted by molar-refractivity contribution is -0.132. The third kappa shape index (κ3) is 4.16. The number of aliphatic hydroxyl groups is 1. The molecule has 1 N–H and O–H groups in total. The zero-order valence-corrected chi connectivity index (χ0v) is 21.9. The normalized spacial score (nSPS) is 19.8. The number of hydrogen-bond acceptors (Lipinski definition) is 9. The van der Waals surface area contributed by atoms with Crippen molar-refractivity contribution in [2.24, 2.45) is 0 Å². The molecule has 0 saturated carbocycles. The van der Waals surface area contributed by atoms with Crippen LogP contribution in [0.1, 0.15) is 62.3 Å². The van der Waals surface area contributed by atoms with Crippen molar-refractivity contribution in [2.75, 3.05) is 12.0 Å². The molecule has 1 amide bonds. The molecule has 0 bridgehead atoms. The molecule has 9 nitrogen and oxygen atoms in total. The van der Waals surface area contributed by atoms with E-state index < -0.39 is 23.7 Å². The molecule has 2 atom stereocenters. The van der Waals surface area contributed by atoms with E-state index in [1.807, 2.05) is 6.92 Å². The van der Waals surface area contributed by atoms with Gasteiger partial charge in [0, 0.05) is 18.9 Å². The first-order valence-electron chi connectivity index (χ1n) is 11.9. The van der Waals surface area contributed by atoms with E-state index in [1.54, 1.807) is 37.3 Å². The second-order valence-corrected chi connectivity index (χ2v) is 10.2. The van der Waals surface area contributed by atoms with E-state index in [2.05, 4.69) is 4.98 Å². The van der Waals surface area contributed by atoms with Crippen LogP contribution in [0.2, 0.25) is 0 Å². The van der Waals surface area contributed by atoms with Crippen LogP contribution >= 0.6 is 11.3 Å². The third-order valence-electron chi connectivity index (χ3n) is 6.57. The van der Waals surface area contributed by atoms with Gasteiger partial charge >= 0.3 is 11.9 Å². The Bertz CT molecular complexity index is 1540. The summed E-state index contributed by atoms with van der Waals surface area (Å²) in [5, 5.41) is 11.6. The molecule has 2 aliphatic heterocycles. The quantitative estimate of drug-likeness (QED) is 0.169. The average Bonchev–Trinajstić information content (AvgIpc) is 3.55. The van der Waals surface area contributed by atoms with Gasteiger partial charge in [0.05, 0.1) is 34.9 Å². The number of methoxy groups -OCH3 is 1. The lowest BCUT2D eigenvalue weighted by Gasteiger charge is -2.23. The Morgan fingerprint density at radius 2 is 1.82 bits per heavy atom. The first-order chi connectivity index (χ1) is 18.1. The van der Waals surface area contributed by atoms with Crippen molar-refractivity contribution in [2.45, 2.75) is 39.3 Å². The third-order valence-corrected chi connectivity index (χ3v) is 7.83. The van der Waals surface area contributed by atoms with Crippen molar-refractivity contribution >= 4 is 45.7 Å². The minimum absolute atomic E-state index is 0.00934. The number of nitrogens with zero attached hydrogens (tertiary/aromatic N) is 2. The summed E-state index contributed by atoms with van der Waals surface area (Å²) in [5.41, 5.74) is 2.32. The van der Waals surface area contributed by atoms with Crippen LogP contribution in [0.3, 0.4) is 0 Å². The maximum Gasteiger partial charge on any atom is 0.337 e. The smallest absolute Gasteiger partial charge is 0.337 e. The van der Waals surface area contributed by atoms with Gasteiger partial charge in [-0.05, 0) is 55.3 Å². The highest BCUT2D eigenvalue weighted by molar-refractivity contribution is 7.18. The van der Waals surface area contributed by atoms with E-state index in [0.717, 1.165) is 16.9 Å². The van der Waals surface area contributed by atoms with Crippen LogP contribution in [0, 0.1) is 6.92 Å². The fourth-order valence-electron chi connectivity index (χ4n) is 4.80. The molecule has 2 aromatic carbocycles. The van der Waals surface area contributed by atoms with Crippen LogP contribution in [0.4, 0.5) is 5.13 Å². The van der Waals surface area contributed by atoms with Gasteiger partial charge in [-0.3, -0.25) is 19.3 Å². The van der Waals surface area contributed by atoms with E-state index in [-0.39, 0.29) is 33.9 Å². The number of aromatic nitrogens is 1. The Balaban J connectivity index is 1.68. The van der Waals surface area contributed by atoms with Gasteiger partial charge in [-0.1, -0.05) is 23.5 Å². The second kappa shape index (κ2) is 9.53. The molecule has 2 aliphatic rings. The summed E-state index contributed by atoms with van der Waals surface area (Å²) in [4.78, 5) is 56.9. The Kier molecular flexibility index (Phi) is 6.36. The Morgan fingerprint density at radius 1 is 1.13 bits per heavy atom. The molecule has 0 unspecified atom stereocenters. The van der Waals surface area contributed by atoms with Gasteiger partial charge in [-0.2, -0.15) is 0 Å². The summed E-state index contributed by atoms with van der Waals surface area (Å²) >= 11 is 1.00.